The Morgan fingerprint density at radius 1 is 1.19 bits per heavy atom. The van der Waals surface area contributed by atoms with E-state index < -0.39 is 0 Å². The van der Waals surface area contributed by atoms with Crippen molar-refractivity contribution in [3.05, 3.63) is 29.8 Å². The molecule has 0 bridgehead atoms. The van der Waals surface area contributed by atoms with Crippen molar-refractivity contribution in [1.82, 2.24) is 15.0 Å². The van der Waals surface area contributed by atoms with E-state index in [0.29, 0.717) is 24.3 Å². The van der Waals surface area contributed by atoms with Gasteiger partial charge in [0.2, 0.25) is 11.9 Å². The normalized spacial score (nSPS) is 15.2. The van der Waals surface area contributed by atoms with Crippen molar-refractivity contribution in [1.29, 1.82) is 0 Å². The maximum atomic E-state index is 5.82. The molecule has 1 aliphatic heterocycles. The minimum absolute atomic E-state index is 0.252. The summed E-state index contributed by atoms with van der Waals surface area (Å²) in [6.07, 6.45) is 0. The van der Waals surface area contributed by atoms with Crippen LogP contribution in [-0.2, 0) is 4.74 Å². The molecular weight excluding hydrogens is 286 g/mol. The Morgan fingerprint density at radius 3 is 2.76 bits per heavy atom. The maximum Gasteiger partial charge on any atom is 0.231 e. The van der Waals surface area contributed by atoms with E-state index >= 15 is 0 Å². The standard InChI is InChI=1S/C14H17N5OS/c1-10-3-2-4-11(9-10)21-14-17-12(15)16-13(18-14)19-5-7-20-8-6-19/h2-4,9H,5-8H2,1H3,(H2,15,16,17,18). The summed E-state index contributed by atoms with van der Waals surface area (Å²) in [6.45, 7) is 4.99. The zero-order valence-corrected chi connectivity index (χ0v) is 12.6. The molecule has 2 N–H and O–H groups in total. The van der Waals surface area contributed by atoms with E-state index in [1.54, 1.807) is 0 Å². The van der Waals surface area contributed by atoms with E-state index in [1.165, 1.54) is 17.3 Å². The Balaban J connectivity index is 1.83. The highest BCUT2D eigenvalue weighted by Gasteiger charge is 2.16. The fourth-order valence-electron chi connectivity index (χ4n) is 2.10. The third kappa shape index (κ3) is 3.62. The Labute approximate surface area is 127 Å². The van der Waals surface area contributed by atoms with E-state index in [-0.39, 0.29) is 5.95 Å². The second-order valence-electron chi connectivity index (χ2n) is 4.79. The van der Waals surface area contributed by atoms with Gasteiger partial charge < -0.3 is 15.4 Å². The van der Waals surface area contributed by atoms with Gasteiger partial charge in [-0.2, -0.15) is 15.0 Å². The van der Waals surface area contributed by atoms with Crippen LogP contribution in [0.2, 0.25) is 0 Å². The summed E-state index contributed by atoms with van der Waals surface area (Å²) in [7, 11) is 0. The lowest BCUT2D eigenvalue weighted by Crippen LogP contribution is -2.37. The van der Waals surface area contributed by atoms with Crippen molar-refractivity contribution in [3.63, 3.8) is 0 Å². The molecule has 1 aromatic carbocycles. The van der Waals surface area contributed by atoms with Crippen LogP contribution in [0, 0.1) is 6.92 Å². The number of nitrogens with zero attached hydrogens (tertiary/aromatic N) is 4. The van der Waals surface area contributed by atoms with Crippen LogP contribution in [0.4, 0.5) is 11.9 Å². The predicted octanol–water partition coefficient (Wildman–Crippen LogP) is 1.75. The van der Waals surface area contributed by atoms with Gasteiger partial charge in [-0.05, 0) is 30.8 Å². The van der Waals surface area contributed by atoms with E-state index in [9.17, 15) is 0 Å². The lowest BCUT2D eigenvalue weighted by Gasteiger charge is -2.26. The SMILES string of the molecule is Cc1cccc(Sc2nc(N)nc(N3CCOCC3)n2)c1. The average Bonchev–Trinajstić information content (AvgIpc) is 2.47. The molecular formula is C14H17N5OS. The fraction of sp³-hybridized carbons (Fsp3) is 0.357. The lowest BCUT2D eigenvalue weighted by atomic mass is 10.2. The minimum Gasteiger partial charge on any atom is -0.378 e. The Kier molecular flexibility index (Phi) is 4.21. The molecule has 0 spiro atoms. The summed E-state index contributed by atoms with van der Waals surface area (Å²) in [4.78, 5) is 16.1. The molecule has 110 valence electrons. The molecule has 1 fully saturated rings. The number of benzene rings is 1. The molecule has 0 amide bonds. The molecule has 0 unspecified atom stereocenters. The van der Waals surface area contributed by atoms with E-state index in [2.05, 4.69) is 38.9 Å². The van der Waals surface area contributed by atoms with E-state index in [1.807, 2.05) is 12.1 Å². The first kappa shape index (κ1) is 14.1. The number of aromatic nitrogens is 3. The molecule has 0 aliphatic carbocycles. The third-order valence-corrected chi connectivity index (χ3v) is 3.97. The van der Waals surface area contributed by atoms with Gasteiger partial charge >= 0.3 is 0 Å². The van der Waals surface area contributed by atoms with Crippen LogP contribution < -0.4 is 10.6 Å². The quantitative estimate of drug-likeness (QED) is 0.925. The second-order valence-corrected chi connectivity index (χ2v) is 5.83. The molecule has 2 aromatic rings. The lowest BCUT2D eigenvalue weighted by molar-refractivity contribution is 0.122. The van der Waals surface area contributed by atoms with Crippen molar-refractivity contribution >= 4 is 23.7 Å². The highest BCUT2D eigenvalue weighted by Crippen LogP contribution is 2.26. The van der Waals surface area contributed by atoms with Crippen LogP contribution in [0.3, 0.4) is 0 Å². The number of rotatable bonds is 3. The summed E-state index contributed by atoms with van der Waals surface area (Å²) in [6, 6.07) is 8.21. The van der Waals surface area contributed by atoms with Crippen molar-refractivity contribution in [2.45, 2.75) is 17.0 Å². The highest BCUT2D eigenvalue weighted by molar-refractivity contribution is 7.99. The number of morpholine rings is 1. The molecule has 7 heteroatoms. The molecule has 0 radical (unpaired) electrons. The van der Waals surface area contributed by atoms with Crippen LogP contribution in [0.25, 0.3) is 0 Å². The first-order valence-corrected chi connectivity index (χ1v) is 7.61. The topological polar surface area (TPSA) is 77.2 Å². The van der Waals surface area contributed by atoms with Gasteiger partial charge in [-0.15, -0.1) is 0 Å². The number of anilines is 2. The smallest absolute Gasteiger partial charge is 0.231 e. The molecule has 0 saturated carbocycles. The molecule has 1 saturated heterocycles. The van der Waals surface area contributed by atoms with Crippen molar-refractivity contribution in [2.24, 2.45) is 0 Å². The Morgan fingerprint density at radius 2 is 2.00 bits per heavy atom. The first-order chi connectivity index (χ1) is 10.2. The molecule has 1 aliphatic rings. The number of hydrogen-bond donors (Lipinski definition) is 1. The Bertz CT molecular complexity index is 631. The highest BCUT2D eigenvalue weighted by atomic mass is 32.2. The number of ether oxygens (including phenoxy) is 1. The van der Waals surface area contributed by atoms with Crippen LogP contribution in [0.5, 0.6) is 0 Å². The van der Waals surface area contributed by atoms with Gasteiger partial charge in [0, 0.05) is 18.0 Å². The molecule has 3 rings (SSSR count). The summed E-state index contributed by atoms with van der Waals surface area (Å²) < 4.78 is 5.34. The largest absolute Gasteiger partial charge is 0.378 e. The van der Waals surface area contributed by atoms with Gasteiger partial charge in [-0.1, -0.05) is 17.7 Å². The molecule has 21 heavy (non-hydrogen) atoms. The van der Waals surface area contributed by atoms with Crippen molar-refractivity contribution < 1.29 is 4.74 Å². The van der Waals surface area contributed by atoms with Gasteiger partial charge in [-0.25, -0.2) is 0 Å². The van der Waals surface area contributed by atoms with Gasteiger partial charge in [0.25, 0.3) is 0 Å². The van der Waals surface area contributed by atoms with Crippen molar-refractivity contribution in [2.75, 3.05) is 36.9 Å². The van der Waals surface area contributed by atoms with Crippen LogP contribution in [-0.4, -0.2) is 41.3 Å². The number of hydrogen-bond acceptors (Lipinski definition) is 7. The van der Waals surface area contributed by atoms with Gasteiger partial charge in [-0.3, -0.25) is 0 Å². The average molecular weight is 303 g/mol. The predicted molar refractivity (Wildman–Crippen MR) is 82.6 cm³/mol. The molecule has 0 atom stereocenters. The third-order valence-electron chi connectivity index (χ3n) is 3.11. The van der Waals surface area contributed by atoms with Crippen molar-refractivity contribution in [3.8, 4) is 0 Å². The first-order valence-electron chi connectivity index (χ1n) is 6.79. The molecule has 2 heterocycles. The monoisotopic (exact) mass is 303 g/mol. The Hall–Kier alpha value is -1.86. The van der Waals surface area contributed by atoms with Crippen LogP contribution >= 0.6 is 11.8 Å². The summed E-state index contributed by atoms with van der Waals surface area (Å²) in [5.41, 5.74) is 7.02. The van der Waals surface area contributed by atoms with Crippen LogP contribution in [0.15, 0.2) is 34.3 Å². The van der Waals surface area contributed by atoms with Gasteiger partial charge in [0.15, 0.2) is 5.16 Å². The maximum absolute atomic E-state index is 5.82. The number of aryl methyl sites for hydroxylation is 1. The van der Waals surface area contributed by atoms with E-state index in [0.717, 1.165) is 18.0 Å². The summed E-state index contributed by atoms with van der Waals surface area (Å²) in [5.74, 6) is 0.877. The van der Waals surface area contributed by atoms with Gasteiger partial charge in [0.1, 0.15) is 0 Å². The summed E-state index contributed by atoms with van der Waals surface area (Å²) >= 11 is 1.49. The summed E-state index contributed by atoms with van der Waals surface area (Å²) in [5, 5.41) is 0.620. The number of nitrogen functional groups attached to an aromatic ring is 1. The fourth-order valence-corrected chi connectivity index (χ4v) is 2.96. The zero-order valence-electron chi connectivity index (χ0n) is 11.8. The van der Waals surface area contributed by atoms with E-state index in [4.69, 9.17) is 10.5 Å². The molecule has 6 nitrogen and oxygen atoms in total. The minimum atomic E-state index is 0.252. The van der Waals surface area contributed by atoms with Gasteiger partial charge in [0.05, 0.1) is 13.2 Å². The molecule has 1 aromatic heterocycles. The second kappa shape index (κ2) is 6.28. The van der Waals surface area contributed by atoms with Crippen LogP contribution in [0.1, 0.15) is 5.56 Å². The number of nitrogens with two attached hydrogens (primary N) is 1. The zero-order chi connectivity index (χ0) is 14.7.